The zero-order valence-corrected chi connectivity index (χ0v) is 24.7. The van der Waals surface area contributed by atoms with E-state index in [0.717, 1.165) is 11.4 Å². The quantitative estimate of drug-likeness (QED) is 0.194. The van der Waals surface area contributed by atoms with Crippen LogP contribution in [0.25, 0.3) is 22.3 Å². The van der Waals surface area contributed by atoms with Crippen LogP contribution in [0.3, 0.4) is 0 Å². The first kappa shape index (κ1) is 25.7. The van der Waals surface area contributed by atoms with Crippen molar-refractivity contribution < 1.29 is 0 Å². The molecule has 0 fully saturated rings. The lowest BCUT2D eigenvalue weighted by atomic mass is 9.33. The SMILES string of the molecule is c1ccc(-c2ccc(N3c4ccccc4B4c5ccccc5N(c5ccc(-c6ccccc6)cc5)c5cccc3c54)cc2)cc1. The fourth-order valence-electron chi connectivity index (χ4n) is 7.26. The Kier molecular flexibility index (Phi) is 5.95. The molecular formula is C42H29BN2. The van der Waals surface area contributed by atoms with Crippen LogP contribution in [0.5, 0.6) is 0 Å². The topological polar surface area (TPSA) is 6.48 Å². The standard InChI is InChI=1S/C42H29BN2/c1-3-12-30(13-4-1)32-22-26-34(27-23-32)44-38-18-9-7-16-36(38)43-37-17-8-10-19-39(37)45(41-21-11-20-40(44)42(41)43)35-28-24-33(25-29-35)31-14-5-2-6-15-31/h1-29H. The molecule has 9 rings (SSSR count). The summed E-state index contributed by atoms with van der Waals surface area (Å²) in [6, 6.07) is 63.8. The van der Waals surface area contributed by atoms with Crippen LogP contribution < -0.4 is 26.2 Å². The number of fused-ring (bicyclic) bond motifs is 4. The maximum Gasteiger partial charge on any atom is 0.252 e. The molecule has 0 atom stereocenters. The molecule has 45 heavy (non-hydrogen) atoms. The largest absolute Gasteiger partial charge is 0.311 e. The van der Waals surface area contributed by atoms with Crippen molar-refractivity contribution in [2.24, 2.45) is 0 Å². The Morgan fingerprint density at radius 1 is 0.289 bits per heavy atom. The maximum atomic E-state index is 2.45. The van der Waals surface area contributed by atoms with Gasteiger partial charge in [0, 0.05) is 34.1 Å². The van der Waals surface area contributed by atoms with E-state index in [-0.39, 0.29) is 6.71 Å². The van der Waals surface area contributed by atoms with E-state index < -0.39 is 0 Å². The Morgan fingerprint density at radius 2 is 0.644 bits per heavy atom. The van der Waals surface area contributed by atoms with Gasteiger partial charge in [-0.2, -0.15) is 0 Å². The molecule has 2 nitrogen and oxygen atoms in total. The number of nitrogens with zero attached hydrogens (tertiary/aromatic N) is 2. The first-order valence-electron chi connectivity index (χ1n) is 15.6. The van der Waals surface area contributed by atoms with Gasteiger partial charge in [0.25, 0.3) is 6.71 Å². The summed E-state index contributed by atoms with van der Waals surface area (Å²) in [7, 11) is 0. The lowest BCUT2D eigenvalue weighted by Crippen LogP contribution is -2.61. The van der Waals surface area contributed by atoms with E-state index in [1.165, 1.54) is 61.4 Å². The van der Waals surface area contributed by atoms with Crippen molar-refractivity contribution in [1.29, 1.82) is 0 Å². The molecule has 2 heterocycles. The first-order chi connectivity index (χ1) is 22.3. The molecule has 0 saturated carbocycles. The molecule has 7 aromatic rings. The predicted octanol–water partition coefficient (Wildman–Crippen LogP) is 9.10. The van der Waals surface area contributed by atoms with Crippen molar-refractivity contribution in [2.45, 2.75) is 0 Å². The molecule has 2 aliphatic heterocycles. The van der Waals surface area contributed by atoms with Gasteiger partial charge in [0.2, 0.25) is 0 Å². The monoisotopic (exact) mass is 572 g/mol. The van der Waals surface area contributed by atoms with Crippen molar-refractivity contribution in [3.8, 4) is 22.3 Å². The molecule has 0 aromatic heterocycles. The molecule has 210 valence electrons. The summed E-state index contributed by atoms with van der Waals surface area (Å²) in [6.07, 6.45) is 0. The van der Waals surface area contributed by atoms with Gasteiger partial charge in [-0.1, -0.05) is 127 Å². The minimum Gasteiger partial charge on any atom is -0.311 e. The van der Waals surface area contributed by atoms with Crippen molar-refractivity contribution in [3.63, 3.8) is 0 Å². The van der Waals surface area contributed by atoms with Crippen LogP contribution in [0, 0.1) is 0 Å². The van der Waals surface area contributed by atoms with Crippen LogP contribution in [-0.2, 0) is 0 Å². The average molecular weight is 573 g/mol. The minimum atomic E-state index is 0.142. The van der Waals surface area contributed by atoms with Crippen LogP contribution in [-0.4, -0.2) is 6.71 Å². The van der Waals surface area contributed by atoms with Gasteiger partial charge < -0.3 is 9.80 Å². The zero-order valence-electron chi connectivity index (χ0n) is 24.7. The van der Waals surface area contributed by atoms with Gasteiger partial charge >= 0.3 is 0 Å². The normalized spacial score (nSPS) is 12.8. The smallest absolute Gasteiger partial charge is 0.252 e. The van der Waals surface area contributed by atoms with Crippen LogP contribution >= 0.6 is 0 Å². The van der Waals surface area contributed by atoms with Crippen molar-refractivity contribution in [1.82, 2.24) is 0 Å². The van der Waals surface area contributed by atoms with Gasteiger partial charge in [0.15, 0.2) is 0 Å². The van der Waals surface area contributed by atoms with E-state index in [1.807, 2.05) is 0 Å². The van der Waals surface area contributed by atoms with Crippen molar-refractivity contribution in [3.05, 3.63) is 176 Å². The van der Waals surface area contributed by atoms with Crippen molar-refractivity contribution in [2.75, 3.05) is 9.80 Å². The highest BCUT2D eigenvalue weighted by molar-refractivity contribution is 7.00. The number of rotatable bonds is 4. The fraction of sp³-hybridized carbons (Fsp3) is 0. The molecule has 0 aliphatic carbocycles. The van der Waals surface area contributed by atoms with Gasteiger partial charge in [0.05, 0.1) is 0 Å². The number of anilines is 6. The number of benzene rings is 7. The van der Waals surface area contributed by atoms with Crippen molar-refractivity contribution >= 4 is 57.2 Å². The molecule has 7 aromatic carbocycles. The van der Waals surface area contributed by atoms with E-state index in [4.69, 9.17) is 0 Å². The van der Waals surface area contributed by atoms with Gasteiger partial charge in [-0.05, 0) is 87.2 Å². The Hall–Kier alpha value is -5.80. The lowest BCUT2D eigenvalue weighted by Gasteiger charge is -2.44. The fourth-order valence-corrected chi connectivity index (χ4v) is 7.26. The minimum absolute atomic E-state index is 0.142. The molecule has 0 unspecified atom stereocenters. The summed E-state index contributed by atoms with van der Waals surface area (Å²) in [5, 5.41) is 0. The number of hydrogen-bond acceptors (Lipinski definition) is 2. The molecule has 0 N–H and O–H groups in total. The van der Waals surface area contributed by atoms with E-state index in [2.05, 4.69) is 186 Å². The van der Waals surface area contributed by atoms with E-state index in [9.17, 15) is 0 Å². The summed E-state index contributed by atoms with van der Waals surface area (Å²) in [5.41, 5.74) is 16.1. The van der Waals surface area contributed by atoms with E-state index >= 15 is 0 Å². The van der Waals surface area contributed by atoms with E-state index in [0.29, 0.717) is 0 Å². The average Bonchev–Trinajstić information content (AvgIpc) is 3.12. The van der Waals surface area contributed by atoms with Crippen LogP contribution in [0.1, 0.15) is 0 Å². The summed E-state index contributed by atoms with van der Waals surface area (Å²) >= 11 is 0. The molecule has 2 aliphatic rings. The van der Waals surface area contributed by atoms with Gasteiger partial charge in [0.1, 0.15) is 0 Å². The number of para-hydroxylation sites is 2. The second-order valence-corrected chi connectivity index (χ2v) is 11.8. The lowest BCUT2D eigenvalue weighted by molar-refractivity contribution is 1.25. The van der Waals surface area contributed by atoms with Gasteiger partial charge in [-0.3, -0.25) is 0 Å². The van der Waals surface area contributed by atoms with Crippen LogP contribution in [0.4, 0.5) is 34.1 Å². The first-order valence-corrected chi connectivity index (χ1v) is 15.6. The second-order valence-electron chi connectivity index (χ2n) is 11.8. The van der Waals surface area contributed by atoms with Crippen LogP contribution in [0.2, 0.25) is 0 Å². The zero-order chi connectivity index (χ0) is 29.7. The summed E-state index contributed by atoms with van der Waals surface area (Å²) in [4.78, 5) is 4.90. The summed E-state index contributed by atoms with van der Waals surface area (Å²) in [6.45, 7) is 0.142. The molecule has 0 saturated heterocycles. The molecule has 0 amide bonds. The molecule has 0 spiro atoms. The third kappa shape index (κ3) is 4.12. The maximum absolute atomic E-state index is 2.45. The highest BCUT2D eigenvalue weighted by atomic mass is 15.2. The molecule has 0 radical (unpaired) electrons. The Balaban J connectivity index is 1.22. The Bertz CT molecular complexity index is 2000. The molecule has 3 heteroatoms. The number of hydrogen-bond donors (Lipinski definition) is 0. The third-order valence-electron chi connectivity index (χ3n) is 9.27. The Labute approximate surface area is 264 Å². The highest BCUT2D eigenvalue weighted by Crippen LogP contribution is 2.44. The summed E-state index contributed by atoms with van der Waals surface area (Å²) < 4.78 is 0. The molecule has 0 bridgehead atoms. The predicted molar refractivity (Wildman–Crippen MR) is 191 cm³/mol. The summed E-state index contributed by atoms with van der Waals surface area (Å²) in [5.74, 6) is 0. The van der Waals surface area contributed by atoms with Crippen LogP contribution in [0.15, 0.2) is 176 Å². The van der Waals surface area contributed by atoms with Gasteiger partial charge in [-0.25, -0.2) is 0 Å². The second kappa shape index (κ2) is 10.4. The Morgan fingerprint density at radius 3 is 1.09 bits per heavy atom. The highest BCUT2D eigenvalue weighted by Gasteiger charge is 2.42. The van der Waals surface area contributed by atoms with Gasteiger partial charge in [-0.15, -0.1) is 0 Å². The third-order valence-corrected chi connectivity index (χ3v) is 9.27. The molecular weight excluding hydrogens is 543 g/mol. The van der Waals surface area contributed by atoms with E-state index in [1.54, 1.807) is 0 Å².